The van der Waals surface area contributed by atoms with Gasteiger partial charge >= 0.3 is 6.03 Å². The summed E-state index contributed by atoms with van der Waals surface area (Å²) < 4.78 is 0.641. The summed E-state index contributed by atoms with van der Waals surface area (Å²) in [6, 6.07) is 3.04. The number of carbonyl (C=O) groups is 3. The molecule has 2 aliphatic heterocycles. The van der Waals surface area contributed by atoms with E-state index in [0.29, 0.717) is 36.1 Å². The largest absolute Gasteiger partial charge is 0.337 e. The van der Waals surface area contributed by atoms with E-state index < -0.39 is 11.6 Å². The van der Waals surface area contributed by atoms with Crippen LogP contribution >= 0.6 is 15.9 Å². The molecule has 0 radical (unpaired) electrons. The molecular weight excluding hydrogens is 340 g/mol. The minimum Gasteiger partial charge on any atom is -0.337 e. The number of halogens is 1. The van der Waals surface area contributed by atoms with Crippen LogP contribution in [0.1, 0.15) is 23.3 Å². The maximum Gasteiger partial charge on any atom is 0.322 e. The van der Waals surface area contributed by atoms with Gasteiger partial charge in [0.15, 0.2) is 0 Å². The molecule has 1 aromatic heterocycles. The second-order valence-electron chi connectivity index (χ2n) is 5.12. The highest BCUT2D eigenvalue weighted by Gasteiger charge is 2.48. The van der Waals surface area contributed by atoms with Gasteiger partial charge in [0, 0.05) is 23.8 Å². The Morgan fingerprint density at radius 3 is 2.62 bits per heavy atom. The number of rotatable bonds is 1. The summed E-state index contributed by atoms with van der Waals surface area (Å²) in [6.45, 7) is 0.797. The zero-order chi connectivity index (χ0) is 15.0. The first-order chi connectivity index (χ1) is 10.0. The van der Waals surface area contributed by atoms with Crippen LogP contribution in [-0.2, 0) is 4.79 Å². The summed E-state index contributed by atoms with van der Waals surface area (Å²) in [5, 5.41) is 4.92. The van der Waals surface area contributed by atoms with E-state index in [4.69, 9.17) is 0 Å². The monoisotopic (exact) mass is 352 g/mol. The maximum absolute atomic E-state index is 12.4. The third kappa shape index (κ3) is 2.39. The van der Waals surface area contributed by atoms with E-state index in [9.17, 15) is 14.4 Å². The van der Waals surface area contributed by atoms with Gasteiger partial charge in [0.05, 0.1) is 0 Å². The molecule has 0 aromatic carbocycles. The average Bonchev–Trinajstić information content (AvgIpc) is 2.74. The van der Waals surface area contributed by atoms with E-state index >= 15 is 0 Å². The number of pyridine rings is 1. The zero-order valence-corrected chi connectivity index (χ0v) is 12.6. The van der Waals surface area contributed by atoms with Gasteiger partial charge in [-0.05, 0) is 40.9 Å². The fourth-order valence-electron chi connectivity index (χ4n) is 2.66. The third-order valence-corrected chi connectivity index (χ3v) is 4.52. The molecule has 0 saturated carbocycles. The summed E-state index contributed by atoms with van der Waals surface area (Å²) >= 11 is 3.31. The lowest BCUT2D eigenvalue weighted by Crippen LogP contribution is -2.55. The standard InChI is InChI=1S/C13H13BrN4O3/c14-8-2-1-5-15-9(8)10(19)18-6-3-13(4-7-18)11(20)16-12(21)17-13/h1-2,5H,3-4,6-7H2,(H2,16,17,20,21). The SMILES string of the molecule is O=C1NC(=O)C2(CCN(C(=O)c3ncccc3Br)CC2)N1. The highest BCUT2D eigenvalue weighted by molar-refractivity contribution is 9.10. The van der Waals surface area contributed by atoms with Gasteiger partial charge in [0.25, 0.3) is 11.8 Å². The summed E-state index contributed by atoms with van der Waals surface area (Å²) in [4.78, 5) is 41.3. The first kappa shape index (κ1) is 14.0. The molecule has 8 heteroatoms. The lowest BCUT2D eigenvalue weighted by molar-refractivity contribution is -0.125. The van der Waals surface area contributed by atoms with Crippen molar-refractivity contribution in [1.29, 1.82) is 0 Å². The third-order valence-electron chi connectivity index (χ3n) is 3.88. The van der Waals surface area contributed by atoms with Crippen molar-refractivity contribution >= 4 is 33.8 Å². The first-order valence-electron chi connectivity index (χ1n) is 6.55. The van der Waals surface area contributed by atoms with Crippen LogP contribution in [0.5, 0.6) is 0 Å². The van der Waals surface area contributed by atoms with Crippen LogP contribution in [0, 0.1) is 0 Å². The topological polar surface area (TPSA) is 91.4 Å². The van der Waals surface area contributed by atoms with Gasteiger partial charge in [0.2, 0.25) is 0 Å². The van der Waals surface area contributed by atoms with Crippen molar-refractivity contribution in [3.63, 3.8) is 0 Å². The summed E-state index contributed by atoms with van der Waals surface area (Å²) in [5.41, 5.74) is -0.511. The van der Waals surface area contributed by atoms with Gasteiger partial charge < -0.3 is 10.2 Å². The number of nitrogens with zero attached hydrogens (tertiary/aromatic N) is 2. The molecule has 2 saturated heterocycles. The Bertz CT molecular complexity index is 626. The molecule has 3 rings (SSSR count). The van der Waals surface area contributed by atoms with Crippen LogP contribution in [0.15, 0.2) is 22.8 Å². The number of hydrogen-bond donors (Lipinski definition) is 2. The number of piperidine rings is 1. The molecule has 3 heterocycles. The van der Waals surface area contributed by atoms with Gasteiger partial charge in [0.1, 0.15) is 11.2 Å². The second-order valence-corrected chi connectivity index (χ2v) is 5.97. The number of urea groups is 1. The first-order valence-corrected chi connectivity index (χ1v) is 7.34. The molecule has 110 valence electrons. The Labute approximate surface area is 129 Å². The molecule has 4 amide bonds. The Hall–Kier alpha value is -1.96. The van der Waals surface area contributed by atoms with Crippen molar-refractivity contribution in [1.82, 2.24) is 20.5 Å². The molecular formula is C13H13BrN4O3. The van der Waals surface area contributed by atoms with Crippen LogP contribution in [0.25, 0.3) is 0 Å². The van der Waals surface area contributed by atoms with Crippen molar-refractivity contribution in [2.24, 2.45) is 0 Å². The Morgan fingerprint density at radius 1 is 1.33 bits per heavy atom. The highest BCUT2D eigenvalue weighted by Crippen LogP contribution is 2.27. The van der Waals surface area contributed by atoms with Gasteiger partial charge in [-0.15, -0.1) is 0 Å². The number of carbonyl (C=O) groups excluding carboxylic acids is 3. The van der Waals surface area contributed by atoms with Crippen LogP contribution in [0.2, 0.25) is 0 Å². The fraction of sp³-hybridized carbons (Fsp3) is 0.385. The number of likely N-dealkylation sites (tertiary alicyclic amines) is 1. The van der Waals surface area contributed by atoms with E-state index in [1.807, 2.05) is 0 Å². The summed E-state index contributed by atoms with van der Waals surface area (Å²) in [5.74, 6) is -0.485. The Morgan fingerprint density at radius 2 is 2.05 bits per heavy atom. The molecule has 2 aliphatic rings. The van der Waals surface area contributed by atoms with Crippen molar-refractivity contribution in [3.8, 4) is 0 Å². The van der Waals surface area contributed by atoms with E-state index in [2.05, 4.69) is 31.5 Å². The van der Waals surface area contributed by atoms with Crippen molar-refractivity contribution in [3.05, 3.63) is 28.5 Å². The number of aromatic nitrogens is 1. The molecule has 0 bridgehead atoms. The number of hydrogen-bond acceptors (Lipinski definition) is 4. The molecule has 0 aliphatic carbocycles. The van der Waals surface area contributed by atoms with E-state index in [0.717, 1.165) is 0 Å². The Kier molecular flexibility index (Phi) is 3.40. The maximum atomic E-state index is 12.4. The summed E-state index contributed by atoms with van der Waals surface area (Å²) in [6.07, 6.45) is 2.37. The van der Waals surface area contributed by atoms with Gasteiger partial charge in [-0.2, -0.15) is 0 Å². The van der Waals surface area contributed by atoms with Gasteiger partial charge in [-0.1, -0.05) is 0 Å². The smallest absolute Gasteiger partial charge is 0.322 e. The molecule has 1 aromatic rings. The Balaban J connectivity index is 1.72. The van der Waals surface area contributed by atoms with Crippen LogP contribution in [-0.4, -0.2) is 46.4 Å². The normalized spacial score (nSPS) is 20.3. The average molecular weight is 353 g/mol. The van der Waals surface area contributed by atoms with E-state index in [1.54, 1.807) is 23.2 Å². The van der Waals surface area contributed by atoms with Gasteiger partial charge in [-0.25, -0.2) is 9.78 Å². The minimum absolute atomic E-state index is 0.179. The second kappa shape index (κ2) is 5.10. The lowest BCUT2D eigenvalue weighted by Gasteiger charge is -2.36. The molecule has 0 unspecified atom stereocenters. The molecule has 2 fully saturated rings. The quantitative estimate of drug-likeness (QED) is 0.726. The number of imide groups is 1. The predicted molar refractivity (Wildman–Crippen MR) is 76.5 cm³/mol. The van der Waals surface area contributed by atoms with Crippen LogP contribution in [0.3, 0.4) is 0 Å². The fourth-order valence-corrected chi connectivity index (χ4v) is 3.09. The van der Waals surface area contributed by atoms with Crippen molar-refractivity contribution in [2.45, 2.75) is 18.4 Å². The lowest BCUT2D eigenvalue weighted by atomic mass is 9.87. The van der Waals surface area contributed by atoms with Gasteiger partial charge in [-0.3, -0.25) is 14.9 Å². The predicted octanol–water partition coefficient (Wildman–Crippen LogP) is 0.658. The minimum atomic E-state index is -0.866. The van der Waals surface area contributed by atoms with Crippen LogP contribution < -0.4 is 10.6 Å². The van der Waals surface area contributed by atoms with Crippen molar-refractivity contribution in [2.75, 3.05) is 13.1 Å². The molecule has 1 spiro atoms. The highest BCUT2D eigenvalue weighted by atomic mass is 79.9. The zero-order valence-electron chi connectivity index (χ0n) is 11.1. The van der Waals surface area contributed by atoms with E-state index in [-0.39, 0.29) is 11.8 Å². The number of nitrogens with one attached hydrogen (secondary N) is 2. The molecule has 2 N–H and O–H groups in total. The van der Waals surface area contributed by atoms with E-state index in [1.165, 1.54) is 0 Å². The molecule has 21 heavy (non-hydrogen) atoms. The number of amides is 4. The molecule has 0 atom stereocenters. The van der Waals surface area contributed by atoms with Crippen molar-refractivity contribution < 1.29 is 14.4 Å². The molecule has 7 nitrogen and oxygen atoms in total. The summed E-state index contributed by atoms with van der Waals surface area (Å²) in [7, 11) is 0. The van der Waals surface area contributed by atoms with Crippen LogP contribution in [0.4, 0.5) is 4.79 Å².